The molecule has 1 unspecified atom stereocenters. The molecule has 118 valence electrons. The topological polar surface area (TPSA) is 58.5 Å². The van der Waals surface area contributed by atoms with Crippen LogP contribution in [0.25, 0.3) is 22.2 Å². The van der Waals surface area contributed by atoms with Crippen molar-refractivity contribution in [3.8, 4) is 11.3 Å². The summed E-state index contributed by atoms with van der Waals surface area (Å²) in [5.74, 6) is 0.876. The van der Waals surface area contributed by atoms with Gasteiger partial charge in [0.25, 0.3) is 0 Å². The summed E-state index contributed by atoms with van der Waals surface area (Å²) < 4.78 is 1.96. The lowest BCUT2D eigenvalue weighted by atomic mass is 10.1. The van der Waals surface area contributed by atoms with E-state index >= 15 is 0 Å². The molecule has 1 atom stereocenters. The van der Waals surface area contributed by atoms with Gasteiger partial charge >= 0.3 is 0 Å². The fraction of sp³-hybridized carbons (Fsp3) is 0.111. The molecule has 0 saturated heterocycles. The number of aromatic nitrogens is 4. The van der Waals surface area contributed by atoms with E-state index in [1.807, 2.05) is 17.7 Å². The SMILES string of the molecule is Cc1nnc2n1NC(c1c(-c3ccccc3)[nH]c3ccccc13)S2. The van der Waals surface area contributed by atoms with Gasteiger partial charge in [-0.15, -0.1) is 10.2 Å². The van der Waals surface area contributed by atoms with Crippen molar-refractivity contribution >= 4 is 22.7 Å². The number of aromatic amines is 1. The summed E-state index contributed by atoms with van der Waals surface area (Å²) in [5, 5.41) is 10.6. The van der Waals surface area contributed by atoms with Crippen molar-refractivity contribution in [3.05, 3.63) is 66.0 Å². The van der Waals surface area contributed by atoms with Gasteiger partial charge in [-0.1, -0.05) is 60.3 Å². The first-order valence-corrected chi connectivity index (χ1v) is 8.70. The summed E-state index contributed by atoms with van der Waals surface area (Å²) >= 11 is 1.70. The van der Waals surface area contributed by atoms with Crippen LogP contribution in [0.4, 0.5) is 0 Å². The first kappa shape index (κ1) is 13.7. The lowest BCUT2D eigenvalue weighted by molar-refractivity contribution is 0.765. The highest BCUT2D eigenvalue weighted by Crippen LogP contribution is 2.45. The fourth-order valence-corrected chi connectivity index (χ4v) is 4.32. The average Bonchev–Trinajstić information content (AvgIpc) is 3.29. The normalized spacial score (nSPS) is 16.3. The molecule has 0 spiro atoms. The molecular formula is C18H15N5S. The zero-order chi connectivity index (χ0) is 16.1. The number of nitrogens with zero attached hydrogens (tertiary/aromatic N) is 3. The zero-order valence-electron chi connectivity index (χ0n) is 13.0. The highest BCUT2D eigenvalue weighted by atomic mass is 32.2. The van der Waals surface area contributed by atoms with E-state index in [0.717, 1.165) is 22.2 Å². The highest BCUT2D eigenvalue weighted by Gasteiger charge is 2.30. The molecule has 0 saturated carbocycles. The maximum absolute atomic E-state index is 4.24. The van der Waals surface area contributed by atoms with Crippen LogP contribution in [0.15, 0.2) is 59.8 Å². The van der Waals surface area contributed by atoms with Gasteiger partial charge in [-0.05, 0) is 18.6 Å². The Morgan fingerprint density at radius 1 is 1.00 bits per heavy atom. The first-order chi connectivity index (χ1) is 11.8. The number of nitrogens with one attached hydrogen (secondary N) is 2. The Morgan fingerprint density at radius 3 is 2.62 bits per heavy atom. The third kappa shape index (κ3) is 1.96. The Kier molecular flexibility index (Phi) is 2.93. The number of H-pyrrole nitrogens is 1. The molecule has 3 heterocycles. The number of rotatable bonds is 2. The number of benzene rings is 2. The molecule has 0 amide bonds. The second-order valence-electron chi connectivity index (χ2n) is 5.82. The van der Waals surface area contributed by atoms with Crippen molar-refractivity contribution in [2.45, 2.75) is 17.5 Å². The van der Waals surface area contributed by atoms with Crippen LogP contribution in [0.2, 0.25) is 0 Å². The number of hydrogen-bond acceptors (Lipinski definition) is 4. The van der Waals surface area contributed by atoms with Crippen LogP contribution in [-0.4, -0.2) is 19.9 Å². The lowest BCUT2D eigenvalue weighted by Gasteiger charge is -2.13. The van der Waals surface area contributed by atoms with Gasteiger partial charge in [-0.25, -0.2) is 4.68 Å². The Balaban J connectivity index is 1.70. The Morgan fingerprint density at radius 2 is 1.79 bits per heavy atom. The quantitative estimate of drug-likeness (QED) is 0.580. The van der Waals surface area contributed by atoms with Gasteiger partial charge in [-0.3, -0.25) is 0 Å². The minimum atomic E-state index is 0.0977. The fourth-order valence-electron chi connectivity index (χ4n) is 3.21. The minimum Gasteiger partial charge on any atom is -0.354 e. The number of para-hydroxylation sites is 1. The highest BCUT2D eigenvalue weighted by molar-refractivity contribution is 7.99. The smallest absolute Gasteiger partial charge is 0.212 e. The predicted molar refractivity (Wildman–Crippen MR) is 96.5 cm³/mol. The summed E-state index contributed by atoms with van der Waals surface area (Å²) in [7, 11) is 0. The number of thioether (sulfide) groups is 1. The van der Waals surface area contributed by atoms with Gasteiger partial charge in [0.15, 0.2) is 0 Å². The van der Waals surface area contributed by atoms with Crippen molar-refractivity contribution in [1.82, 2.24) is 19.9 Å². The van der Waals surface area contributed by atoms with E-state index in [9.17, 15) is 0 Å². The molecule has 1 aliphatic rings. The molecule has 5 nitrogen and oxygen atoms in total. The van der Waals surface area contributed by atoms with Crippen LogP contribution in [-0.2, 0) is 0 Å². The van der Waals surface area contributed by atoms with Crippen LogP contribution in [0.1, 0.15) is 16.8 Å². The van der Waals surface area contributed by atoms with Crippen molar-refractivity contribution in [1.29, 1.82) is 0 Å². The van der Waals surface area contributed by atoms with Gasteiger partial charge in [0.1, 0.15) is 11.2 Å². The van der Waals surface area contributed by atoms with E-state index in [4.69, 9.17) is 0 Å². The van der Waals surface area contributed by atoms with E-state index in [1.54, 1.807) is 11.8 Å². The molecule has 5 rings (SSSR count). The van der Waals surface area contributed by atoms with Gasteiger partial charge in [0.2, 0.25) is 5.16 Å². The third-order valence-corrected chi connectivity index (χ3v) is 5.39. The molecule has 2 aromatic carbocycles. The van der Waals surface area contributed by atoms with Gasteiger partial charge in [-0.2, -0.15) is 0 Å². The van der Waals surface area contributed by atoms with Gasteiger partial charge in [0.05, 0.1) is 5.69 Å². The lowest BCUT2D eigenvalue weighted by Crippen LogP contribution is -2.14. The van der Waals surface area contributed by atoms with Crippen molar-refractivity contribution in [3.63, 3.8) is 0 Å². The molecule has 2 aromatic heterocycles. The van der Waals surface area contributed by atoms with Crippen molar-refractivity contribution < 1.29 is 0 Å². The summed E-state index contributed by atoms with van der Waals surface area (Å²) in [4.78, 5) is 3.59. The van der Waals surface area contributed by atoms with Gasteiger partial charge in [0, 0.05) is 16.5 Å². The molecule has 4 aromatic rings. The standard InChI is InChI=1S/C18H15N5S/c1-11-20-21-18-23(11)22-17(24-18)15-13-9-5-6-10-14(13)19-16(15)12-7-3-2-4-8-12/h2-10,17,19,22H,1H3. The minimum absolute atomic E-state index is 0.0977. The van der Waals surface area contributed by atoms with E-state index in [0.29, 0.717) is 0 Å². The maximum Gasteiger partial charge on any atom is 0.212 e. The Labute approximate surface area is 143 Å². The molecular weight excluding hydrogens is 318 g/mol. The van der Waals surface area contributed by atoms with Crippen LogP contribution < -0.4 is 5.43 Å². The summed E-state index contributed by atoms with van der Waals surface area (Å²) in [5.41, 5.74) is 8.26. The molecule has 24 heavy (non-hydrogen) atoms. The first-order valence-electron chi connectivity index (χ1n) is 7.82. The van der Waals surface area contributed by atoms with E-state index < -0.39 is 0 Å². The molecule has 2 N–H and O–H groups in total. The van der Waals surface area contributed by atoms with E-state index in [-0.39, 0.29) is 5.37 Å². The summed E-state index contributed by atoms with van der Waals surface area (Å²) in [6.07, 6.45) is 0. The Hall–Kier alpha value is -2.73. The van der Waals surface area contributed by atoms with Crippen LogP contribution >= 0.6 is 11.8 Å². The molecule has 6 heteroatoms. The molecule has 0 aliphatic carbocycles. The average molecular weight is 333 g/mol. The number of aryl methyl sites for hydroxylation is 1. The largest absolute Gasteiger partial charge is 0.354 e. The molecule has 0 radical (unpaired) electrons. The summed E-state index contributed by atoms with van der Waals surface area (Å²) in [6, 6.07) is 18.9. The molecule has 0 fully saturated rings. The van der Waals surface area contributed by atoms with E-state index in [1.165, 1.54) is 16.5 Å². The monoisotopic (exact) mass is 333 g/mol. The van der Waals surface area contributed by atoms with Crippen molar-refractivity contribution in [2.75, 3.05) is 5.43 Å². The van der Waals surface area contributed by atoms with Crippen LogP contribution in [0.5, 0.6) is 0 Å². The summed E-state index contributed by atoms with van der Waals surface area (Å²) in [6.45, 7) is 1.96. The molecule has 1 aliphatic heterocycles. The van der Waals surface area contributed by atoms with Crippen molar-refractivity contribution in [2.24, 2.45) is 0 Å². The van der Waals surface area contributed by atoms with E-state index in [2.05, 4.69) is 69.1 Å². The maximum atomic E-state index is 4.24. The Bertz CT molecular complexity index is 1030. The molecule has 0 bridgehead atoms. The predicted octanol–water partition coefficient (Wildman–Crippen LogP) is 4.08. The number of fused-ring (bicyclic) bond motifs is 2. The zero-order valence-corrected chi connectivity index (χ0v) is 13.8. The van der Waals surface area contributed by atoms with Crippen LogP contribution in [0.3, 0.4) is 0 Å². The van der Waals surface area contributed by atoms with Gasteiger partial charge < -0.3 is 10.4 Å². The number of hydrogen-bond donors (Lipinski definition) is 2. The third-order valence-electron chi connectivity index (χ3n) is 4.34. The van der Waals surface area contributed by atoms with Crippen LogP contribution in [0, 0.1) is 6.92 Å². The second-order valence-corrected chi connectivity index (χ2v) is 6.89. The second kappa shape index (κ2) is 5.14.